The van der Waals surface area contributed by atoms with E-state index in [1.54, 1.807) is 31.4 Å². The van der Waals surface area contributed by atoms with E-state index in [9.17, 15) is 4.79 Å². The topological polar surface area (TPSA) is 52.8 Å². The SMILES string of the molecule is CCOC(=O)c1ccc2c(c1)sc1nc(-c3cccc(OC)c3)cn12. The molecule has 4 rings (SSSR count). The number of fused-ring (bicyclic) bond motifs is 3. The second-order valence-corrected chi connectivity index (χ2v) is 6.52. The van der Waals surface area contributed by atoms with Crippen molar-refractivity contribution in [2.24, 2.45) is 0 Å². The monoisotopic (exact) mass is 352 g/mol. The maximum absolute atomic E-state index is 11.9. The van der Waals surface area contributed by atoms with Gasteiger partial charge in [-0.15, -0.1) is 0 Å². The van der Waals surface area contributed by atoms with Crippen LogP contribution in [0.15, 0.2) is 48.7 Å². The molecule has 0 aliphatic heterocycles. The van der Waals surface area contributed by atoms with E-state index >= 15 is 0 Å². The summed E-state index contributed by atoms with van der Waals surface area (Å²) in [6.07, 6.45) is 2.01. The van der Waals surface area contributed by atoms with Gasteiger partial charge in [-0.05, 0) is 37.3 Å². The minimum Gasteiger partial charge on any atom is -0.497 e. The lowest BCUT2D eigenvalue weighted by Crippen LogP contribution is -2.03. The number of nitrogens with zero attached hydrogens (tertiary/aromatic N) is 2. The lowest BCUT2D eigenvalue weighted by atomic mass is 10.1. The molecule has 0 bridgehead atoms. The quantitative estimate of drug-likeness (QED) is 0.511. The lowest BCUT2D eigenvalue weighted by molar-refractivity contribution is 0.0526. The van der Waals surface area contributed by atoms with E-state index in [0.29, 0.717) is 12.2 Å². The van der Waals surface area contributed by atoms with Gasteiger partial charge in [-0.2, -0.15) is 0 Å². The molecule has 0 N–H and O–H groups in total. The van der Waals surface area contributed by atoms with Crippen LogP contribution in [0, 0.1) is 0 Å². The summed E-state index contributed by atoms with van der Waals surface area (Å²) in [5.74, 6) is 0.505. The number of carbonyl (C=O) groups is 1. The van der Waals surface area contributed by atoms with E-state index in [2.05, 4.69) is 0 Å². The van der Waals surface area contributed by atoms with Gasteiger partial charge in [0.1, 0.15) is 5.75 Å². The molecule has 2 aromatic heterocycles. The Balaban J connectivity index is 1.78. The smallest absolute Gasteiger partial charge is 0.338 e. The number of methoxy groups -OCH3 is 1. The molecular formula is C19H16N2O3S. The molecule has 0 saturated carbocycles. The Hall–Kier alpha value is -2.86. The molecule has 0 saturated heterocycles. The third-order valence-corrected chi connectivity index (χ3v) is 4.99. The first-order valence-electron chi connectivity index (χ1n) is 7.93. The van der Waals surface area contributed by atoms with Crippen LogP contribution in [0.5, 0.6) is 5.75 Å². The minimum atomic E-state index is -0.299. The summed E-state index contributed by atoms with van der Waals surface area (Å²) in [4.78, 5) is 17.5. The van der Waals surface area contributed by atoms with Crippen LogP contribution in [0.1, 0.15) is 17.3 Å². The molecule has 0 spiro atoms. The molecule has 2 aromatic carbocycles. The van der Waals surface area contributed by atoms with E-state index in [0.717, 1.165) is 32.2 Å². The summed E-state index contributed by atoms with van der Waals surface area (Å²) in [7, 11) is 1.65. The van der Waals surface area contributed by atoms with E-state index in [1.807, 2.05) is 47.0 Å². The number of imidazole rings is 1. The molecule has 0 atom stereocenters. The van der Waals surface area contributed by atoms with Gasteiger partial charge in [0.15, 0.2) is 4.96 Å². The zero-order valence-electron chi connectivity index (χ0n) is 13.9. The number of esters is 1. The molecule has 5 nitrogen and oxygen atoms in total. The van der Waals surface area contributed by atoms with Crippen molar-refractivity contribution >= 4 is 32.5 Å². The second-order valence-electron chi connectivity index (χ2n) is 5.52. The third-order valence-electron chi connectivity index (χ3n) is 3.97. The van der Waals surface area contributed by atoms with Crippen LogP contribution in [0.4, 0.5) is 0 Å². The normalized spacial score (nSPS) is 11.1. The zero-order valence-corrected chi connectivity index (χ0v) is 14.7. The fraction of sp³-hybridized carbons (Fsp3) is 0.158. The molecule has 6 heteroatoms. The van der Waals surface area contributed by atoms with Gasteiger partial charge in [-0.25, -0.2) is 9.78 Å². The Labute approximate surface area is 148 Å². The molecule has 2 heterocycles. The van der Waals surface area contributed by atoms with Crippen molar-refractivity contribution in [2.75, 3.05) is 13.7 Å². The summed E-state index contributed by atoms with van der Waals surface area (Å²) in [5, 5.41) is 0. The van der Waals surface area contributed by atoms with Gasteiger partial charge in [-0.1, -0.05) is 23.5 Å². The third kappa shape index (κ3) is 2.74. The van der Waals surface area contributed by atoms with Gasteiger partial charge >= 0.3 is 5.97 Å². The van der Waals surface area contributed by atoms with Crippen LogP contribution in [0.25, 0.3) is 26.4 Å². The average Bonchev–Trinajstić information content (AvgIpc) is 3.19. The highest BCUT2D eigenvalue weighted by molar-refractivity contribution is 7.23. The molecular weight excluding hydrogens is 336 g/mol. The second kappa shape index (κ2) is 6.22. The van der Waals surface area contributed by atoms with Gasteiger partial charge < -0.3 is 9.47 Å². The first-order chi connectivity index (χ1) is 12.2. The van der Waals surface area contributed by atoms with Crippen molar-refractivity contribution in [3.63, 3.8) is 0 Å². The number of carbonyl (C=O) groups excluding carboxylic acids is 1. The van der Waals surface area contributed by atoms with Crippen molar-refractivity contribution in [3.8, 4) is 17.0 Å². The Bertz CT molecular complexity index is 1080. The van der Waals surface area contributed by atoms with Crippen LogP contribution in [-0.2, 0) is 4.74 Å². The molecule has 4 aromatic rings. The minimum absolute atomic E-state index is 0.299. The number of hydrogen-bond donors (Lipinski definition) is 0. The average molecular weight is 352 g/mol. The fourth-order valence-electron chi connectivity index (χ4n) is 2.76. The van der Waals surface area contributed by atoms with Crippen molar-refractivity contribution in [1.82, 2.24) is 9.38 Å². The molecule has 0 unspecified atom stereocenters. The maximum Gasteiger partial charge on any atom is 0.338 e. The zero-order chi connectivity index (χ0) is 17.4. The highest BCUT2D eigenvalue weighted by atomic mass is 32.1. The van der Waals surface area contributed by atoms with Gasteiger partial charge in [0.05, 0.1) is 35.2 Å². The first kappa shape index (κ1) is 15.7. The summed E-state index contributed by atoms with van der Waals surface area (Å²) in [6.45, 7) is 2.17. The fourth-order valence-corrected chi connectivity index (χ4v) is 3.81. The predicted octanol–water partition coefficient (Wildman–Crippen LogP) is 4.40. The number of benzene rings is 2. The molecule has 25 heavy (non-hydrogen) atoms. The summed E-state index contributed by atoms with van der Waals surface area (Å²) < 4.78 is 13.4. The van der Waals surface area contributed by atoms with E-state index in [4.69, 9.17) is 14.5 Å². The lowest BCUT2D eigenvalue weighted by Gasteiger charge is -2.02. The highest BCUT2D eigenvalue weighted by Gasteiger charge is 2.13. The van der Waals surface area contributed by atoms with Crippen LogP contribution in [-0.4, -0.2) is 29.1 Å². The Morgan fingerprint density at radius 2 is 2.12 bits per heavy atom. The predicted molar refractivity (Wildman–Crippen MR) is 98.5 cm³/mol. The molecule has 0 fully saturated rings. The van der Waals surface area contributed by atoms with Crippen molar-refractivity contribution in [1.29, 1.82) is 0 Å². The van der Waals surface area contributed by atoms with Crippen LogP contribution in [0.2, 0.25) is 0 Å². The number of thiazole rings is 1. The van der Waals surface area contributed by atoms with E-state index in [-0.39, 0.29) is 5.97 Å². The van der Waals surface area contributed by atoms with Crippen molar-refractivity contribution in [2.45, 2.75) is 6.92 Å². The summed E-state index contributed by atoms with van der Waals surface area (Å²) in [5.41, 5.74) is 3.48. The Kier molecular flexibility index (Phi) is 3.89. The standard InChI is InChI=1S/C19H16N2O3S/c1-3-24-18(22)13-7-8-16-17(10-13)25-19-20-15(11-21(16)19)12-5-4-6-14(9-12)23-2/h4-11H,3H2,1-2H3. The van der Waals surface area contributed by atoms with Gasteiger partial charge in [-0.3, -0.25) is 4.40 Å². The Morgan fingerprint density at radius 1 is 1.24 bits per heavy atom. The summed E-state index contributed by atoms with van der Waals surface area (Å²) >= 11 is 1.55. The van der Waals surface area contributed by atoms with Crippen molar-refractivity contribution < 1.29 is 14.3 Å². The number of hydrogen-bond acceptors (Lipinski definition) is 5. The number of rotatable bonds is 4. The molecule has 0 amide bonds. The molecule has 0 aliphatic rings. The maximum atomic E-state index is 11.9. The van der Waals surface area contributed by atoms with Gasteiger partial charge in [0, 0.05) is 11.8 Å². The summed E-state index contributed by atoms with van der Waals surface area (Å²) in [6, 6.07) is 13.4. The van der Waals surface area contributed by atoms with Gasteiger partial charge in [0.2, 0.25) is 0 Å². The largest absolute Gasteiger partial charge is 0.497 e. The first-order valence-corrected chi connectivity index (χ1v) is 8.74. The van der Waals surface area contributed by atoms with E-state index < -0.39 is 0 Å². The van der Waals surface area contributed by atoms with Crippen LogP contribution >= 0.6 is 11.3 Å². The Morgan fingerprint density at radius 3 is 2.92 bits per heavy atom. The van der Waals surface area contributed by atoms with Crippen LogP contribution < -0.4 is 4.74 Å². The number of ether oxygens (including phenoxy) is 2. The van der Waals surface area contributed by atoms with Gasteiger partial charge in [0.25, 0.3) is 0 Å². The molecule has 126 valence electrons. The highest BCUT2D eigenvalue weighted by Crippen LogP contribution is 2.31. The molecule has 0 aliphatic carbocycles. The van der Waals surface area contributed by atoms with E-state index in [1.165, 1.54) is 0 Å². The molecule has 0 radical (unpaired) electrons. The number of aromatic nitrogens is 2. The van der Waals surface area contributed by atoms with Crippen LogP contribution in [0.3, 0.4) is 0 Å². The van der Waals surface area contributed by atoms with Crippen molar-refractivity contribution in [3.05, 3.63) is 54.2 Å².